The summed E-state index contributed by atoms with van der Waals surface area (Å²) in [5.41, 5.74) is 5.17. The van der Waals surface area contributed by atoms with Crippen LogP contribution in [0.2, 0.25) is 0 Å². The van der Waals surface area contributed by atoms with Gasteiger partial charge in [0.2, 0.25) is 0 Å². The summed E-state index contributed by atoms with van der Waals surface area (Å²) in [7, 11) is 0. The summed E-state index contributed by atoms with van der Waals surface area (Å²) in [6.45, 7) is 3.69. The van der Waals surface area contributed by atoms with Crippen LogP contribution in [0.5, 0.6) is 0 Å². The van der Waals surface area contributed by atoms with E-state index in [1.807, 2.05) is 0 Å². The van der Waals surface area contributed by atoms with Crippen LogP contribution in [0.3, 0.4) is 0 Å². The molecule has 0 amide bonds. The van der Waals surface area contributed by atoms with Crippen LogP contribution >= 0.6 is 0 Å². The molecule has 0 bridgehead atoms. The molecule has 0 aromatic heterocycles. The predicted molar refractivity (Wildman–Crippen MR) is 43.5 cm³/mol. The molecule has 0 aliphatic carbocycles. The highest BCUT2D eigenvalue weighted by Crippen LogP contribution is 1.78. The molecular formula is C7H17NO3. The van der Waals surface area contributed by atoms with Crippen molar-refractivity contribution in [3.8, 4) is 0 Å². The number of ether oxygens (including phenoxy) is 2. The third-order valence-corrected chi connectivity index (χ3v) is 0.940. The Bertz CT molecular complexity index is 111. The summed E-state index contributed by atoms with van der Waals surface area (Å²) in [6, 6.07) is 0. The van der Waals surface area contributed by atoms with Gasteiger partial charge in [-0.15, -0.1) is 0 Å². The quantitative estimate of drug-likeness (QED) is 0.528. The van der Waals surface area contributed by atoms with Crippen LogP contribution in [0.1, 0.15) is 8.35 Å². The summed E-state index contributed by atoms with van der Waals surface area (Å²) < 4.78 is 9.93. The van der Waals surface area contributed by atoms with Crippen molar-refractivity contribution in [1.82, 2.24) is 0 Å². The normalized spacial score (nSPS) is 10.0. The molecule has 2 N–H and O–H groups in total. The second-order valence-corrected chi connectivity index (χ2v) is 2.16. The molecule has 0 atom stereocenters. The zero-order chi connectivity index (χ0) is 8.53. The molecule has 0 aliphatic rings. The van der Waals surface area contributed by atoms with Gasteiger partial charge in [-0.3, -0.25) is 4.79 Å². The summed E-state index contributed by atoms with van der Waals surface area (Å²) in [5, 5.41) is 0. The van der Waals surface area contributed by atoms with Crippen LogP contribution in [-0.4, -0.2) is 38.8 Å². The van der Waals surface area contributed by atoms with Crippen LogP contribution in [0.15, 0.2) is 0 Å². The molecule has 0 aromatic rings. The Labute approximate surface area is 68.1 Å². The zero-order valence-electron chi connectivity index (χ0n) is 6.84. The highest BCUT2D eigenvalue weighted by Gasteiger charge is 1.92. The molecule has 0 heterocycles. The molecular weight excluding hydrogens is 146 g/mol. The van der Waals surface area contributed by atoms with E-state index < -0.39 is 0 Å². The van der Waals surface area contributed by atoms with Gasteiger partial charge < -0.3 is 15.2 Å². The van der Waals surface area contributed by atoms with E-state index in [0.29, 0.717) is 26.4 Å². The number of carbonyl (C=O) groups is 1. The van der Waals surface area contributed by atoms with E-state index in [2.05, 4.69) is 0 Å². The number of hydrogen-bond acceptors (Lipinski definition) is 4. The highest BCUT2D eigenvalue weighted by molar-refractivity contribution is 5.76. The molecule has 0 fully saturated rings. The van der Waals surface area contributed by atoms with E-state index >= 15 is 0 Å². The average molecular weight is 163 g/mol. The van der Waals surface area contributed by atoms with Crippen LogP contribution in [0.25, 0.3) is 0 Å². The van der Waals surface area contributed by atoms with Crippen LogP contribution in [0.4, 0.5) is 0 Å². The third kappa shape index (κ3) is 9.55. The van der Waals surface area contributed by atoms with Gasteiger partial charge in [-0.2, -0.15) is 0 Å². The maximum Gasteiger partial charge on any atom is 0.155 e. The van der Waals surface area contributed by atoms with Gasteiger partial charge in [0.1, 0.15) is 6.61 Å². The van der Waals surface area contributed by atoms with Crippen LogP contribution in [-0.2, 0) is 14.3 Å². The first kappa shape index (κ1) is 10.6. The van der Waals surface area contributed by atoms with Gasteiger partial charge in [0, 0.05) is 7.97 Å². The molecule has 0 saturated carbocycles. The maximum atomic E-state index is 10.3. The van der Waals surface area contributed by atoms with Gasteiger partial charge in [-0.1, -0.05) is 0 Å². The Hall–Kier alpha value is -0.450. The van der Waals surface area contributed by atoms with E-state index in [-0.39, 0.29) is 13.8 Å². The van der Waals surface area contributed by atoms with E-state index in [0.717, 1.165) is 0 Å². The van der Waals surface area contributed by atoms with Crippen LogP contribution < -0.4 is 5.73 Å². The molecule has 0 unspecified atom stereocenters. The summed E-state index contributed by atoms with van der Waals surface area (Å²) >= 11 is 0. The van der Waals surface area contributed by atoms with E-state index in [9.17, 15) is 4.79 Å². The molecule has 68 valence electrons. The van der Waals surface area contributed by atoms with Gasteiger partial charge in [0.25, 0.3) is 0 Å². The number of Topliss-reactive ketones (excluding diaryl/α,β-unsaturated/α-hetero) is 1. The number of ketones is 1. The maximum absolute atomic E-state index is 10.3. The minimum absolute atomic E-state index is 0. The van der Waals surface area contributed by atoms with Gasteiger partial charge >= 0.3 is 0 Å². The number of hydrogen-bond donors (Lipinski definition) is 1. The first-order valence-corrected chi connectivity index (χ1v) is 3.62. The lowest BCUT2D eigenvalue weighted by molar-refractivity contribution is -0.121. The fraction of sp³-hybridized carbons (Fsp3) is 0.857. The Morgan fingerprint density at radius 1 is 1.36 bits per heavy atom. The van der Waals surface area contributed by atoms with Crippen molar-refractivity contribution in [2.45, 2.75) is 6.92 Å². The fourth-order valence-corrected chi connectivity index (χ4v) is 0.519. The Morgan fingerprint density at radius 2 is 2.00 bits per heavy atom. The topological polar surface area (TPSA) is 61.5 Å². The Balaban J connectivity index is 0. The second kappa shape index (κ2) is 7.65. The van der Waals surface area contributed by atoms with Crippen molar-refractivity contribution in [2.75, 3.05) is 33.0 Å². The molecule has 11 heavy (non-hydrogen) atoms. The van der Waals surface area contributed by atoms with Crippen molar-refractivity contribution < 1.29 is 15.7 Å². The van der Waals surface area contributed by atoms with Gasteiger partial charge in [-0.25, -0.2) is 0 Å². The summed E-state index contributed by atoms with van der Waals surface area (Å²) in [5.74, 6) is 0.0313. The van der Waals surface area contributed by atoms with Gasteiger partial charge in [0.15, 0.2) is 5.78 Å². The minimum atomic E-state index is 0. The van der Waals surface area contributed by atoms with Crippen molar-refractivity contribution in [2.24, 2.45) is 5.73 Å². The van der Waals surface area contributed by atoms with E-state index in [1.165, 1.54) is 6.92 Å². The third-order valence-electron chi connectivity index (χ3n) is 0.940. The van der Waals surface area contributed by atoms with E-state index in [1.54, 1.807) is 0 Å². The molecule has 4 heteroatoms. The Morgan fingerprint density at radius 3 is 2.55 bits per heavy atom. The lowest BCUT2D eigenvalue weighted by Gasteiger charge is -2.01. The smallest absolute Gasteiger partial charge is 0.155 e. The number of carbonyl (C=O) groups excluding carboxylic acids is 1. The molecule has 0 saturated heterocycles. The fourth-order valence-electron chi connectivity index (χ4n) is 0.519. The monoisotopic (exact) mass is 163 g/mol. The Kier molecular flexibility index (Phi) is 7.34. The van der Waals surface area contributed by atoms with Crippen molar-refractivity contribution in [1.29, 1.82) is 0 Å². The molecule has 4 nitrogen and oxygen atoms in total. The average Bonchev–Trinajstić information content (AvgIpc) is 1.96. The summed E-state index contributed by atoms with van der Waals surface area (Å²) in [6.07, 6.45) is 0. The van der Waals surface area contributed by atoms with Gasteiger partial charge in [0.05, 0.1) is 19.8 Å². The molecule has 0 rings (SSSR count). The first-order chi connectivity index (χ1) is 5.27. The highest BCUT2D eigenvalue weighted by atomic mass is 16.5. The van der Waals surface area contributed by atoms with Crippen LogP contribution in [0, 0.1) is 0 Å². The lowest BCUT2D eigenvalue weighted by atomic mass is 10.5. The lowest BCUT2D eigenvalue weighted by Crippen LogP contribution is -2.13. The SMILES string of the molecule is CC(=O)COCCOCCN.[HH]. The minimum Gasteiger partial charge on any atom is -0.378 e. The molecule has 0 radical (unpaired) electrons. The zero-order valence-corrected chi connectivity index (χ0v) is 6.84. The standard InChI is InChI=1S/C7H15NO3.H2/c1-7(9)6-11-5-4-10-3-2-8;/h2-6,8H2,1H3;1H. The second-order valence-electron chi connectivity index (χ2n) is 2.16. The predicted octanol–water partition coefficient (Wildman–Crippen LogP) is -0.187. The molecule has 0 aliphatic heterocycles. The molecule has 0 aromatic carbocycles. The van der Waals surface area contributed by atoms with E-state index in [4.69, 9.17) is 15.2 Å². The summed E-state index contributed by atoms with van der Waals surface area (Å²) in [4.78, 5) is 10.3. The van der Waals surface area contributed by atoms with Crippen molar-refractivity contribution in [3.63, 3.8) is 0 Å². The molecule has 0 spiro atoms. The van der Waals surface area contributed by atoms with Crippen molar-refractivity contribution in [3.05, 3.63) is 0 Å². The largest absolute Gasteiger partial charge is 0.378 e. The first-order valence-electron chi connectivity index (χ1n) is 3.62. The van der Waals surface area contributed by atoms with Crippen molar-refractivity contribution >= 4 is 5.78 Å². The number of rotatable bonds is 7. The van der Waals surface area contributed by atoms with Gasteiger partial charge in [-0.05, 0) is 6.92 Å². The number of nitrogens with two attached hydrogens (primary N) is 1.